The second kappa shape index (κ2) is 31.7. The van der Waals surface area contributed by atoms with Gasteiger partial charge in [0, 0.05) is 73.0 Å². The second-order valence-corrected chi connectivity index (χ2v) is 18.2. The topological polar surface area (TPSA) is 135 Å². The van der Waals surface area contributed by atoms with Crippen LogP contribution < -0.4 is 0 Å². The van der Waals surface area contributed by atoms with E-state index in [0.29, 0.717) is 83.0 Å². The number of carbonyl (C=O) groups excluding carboxylic acids is 2. The van der Waals surface area contributed by atoms with Crippen LogP contribution in [0, 0.1) is 0 Å². The highest BCUT2D eigenvalue weighted by Crippen LogP contribution is 2.53. The molecule has 0 aliphatic carbocycles. The van der Waals surface area contributed by atoms with E-state index in [2.05, 4.69) is 9.05 Å². The maximum Gasteiger partial charge on any atom is 0.474 e. The number of ketones is 2. The Morgan fingerprint density at radius 2 is 0.918 bits per heavy atom. The van der Waals surface area contributed by atoms with Crippen LogP contribution in [0.3, 0.4) is 0 Å². The quantitative estimate of drug-likeness (QED) is 0.0461. The molecule has 340 valence electrons. The number of Topliss-reactive ketones (excluding diaryl/α,β-unsaturated/α-hetero) is 2. The zero-order valence-electron chi connectivity index (χ0n) is 33.5. The molecule has 4 aromatic carbocycles. The first-order valence-corrected chi connectivity index (χ1v) is 24.4. The van der Waals surface area contributed by atoms with Crippen molar-refractivity contribution in [2.45, 2.75) is 81.1 Å². The van der Waals surface area contributed by atoms with Gasteiger partial charge in [0.25, 0.3) is 0 Å². The second-order valence-electron chi connectivity index (χ2n) is 12.3. The zero-order chi connectivity index (χ0) is 43.8. The van der Waals surface area contributed by atoms with Gasteiger partial charge in [-0.2, -0.15) is 0 Å². The van der Waals surface area contributed by atoms with Gasteiger partial charge in [-0.3, -0.25) is 32.2 Å². The number of hydrogen-bond acceptors (Lipinski definition) is 10. The molecule has 0 amide bonds. The number of unbranched alkanes of at least 4 members (excludes halogenated alkanes) is 2. The summed E-state index contributed by atoms with van der Waals surface area (Å²) < 4.78 is 47.4. The lowest BCUT2D eigenvalue weighted by Gasteiger charge is -2.16. The van der Waals surface area contributed by atoms with Gasteiger partial charge in [0.15, 0.2) is 11.6 Å². The number of hydrogen-bond donors (Lipinski definition) is 1. The number of phosphoric acid groups is 1. The first kappa shape index (κ1) is 58.9. The van der Waals surface area contributed by atoms with Gasteiger partial charge in [0.05, 0.1) is 33.0 Å². The molecule has 0 aromatic heterocycles. The molecule has 0 saturated carbocycles. The summed E-state index contributed by atoms with van der Waals surface area (Å²) in [6.45, 7) is 5.06. The lowest BCUT2D eigenvalue weighted by molar-refractivity contribution is 0.0966. The van der Waals surface area contributed by atoms with Gasteiger partial charge in [-0.05, 0) is 88.8 Å². The molecule has 0 bridgehead atoms. The van der Waals surface area contributed by atoms with Crippen LogP contribution in [0.15, 0.2) is 84.9 Å². The molecule has 0 spiro atoms. The Balaban J connectivity index is 0.000000985. The van der Waals surface area contributed by atoms with Crippen molar-refractivity contribution in [2.24, 2.45) is 0 Å². The van der Waals surface area contributed by atoms with E-state index in [1.807, 2.05) is 48.5 Å². The van der Waals surface area contributed by atoms with Crippen molar-refractivity contribution in [2.75, 3.05) is 39.6 Å². The minimum Gasteiger partial charge on any atom is -0.396 e. The van der Waals surface area contributed by atoms with Crippen molar-refractivity contribution < 1.29 is 46.4 Å². The van der Waals surface area contributed by atoms with Crippen LogP contribution in [0.5, 0.6) is 0 Å². The summed E-state index contributed by atoms with van der Waals surface area (Å²) in [6, 6.07) is 25.4. The van der Waals surface area contributed by atoms with Crippen molar-refractivity contribution in [3.05, 3.63) is 116 Å². The third-order valence-electron chi connectivity index (χ3n) is 7.90. The number of halogens is 5. The average Bonchev–Trinajstić information content (AvgIpc) is 3.18. The molecule has 0 aliphatic rings. The van der Waals surface area contributed by atoms with Crippen LogP contribution in [0.25, 0.3) is 22.3 Å². The van der Waals surface area contributed by atoms with Gasteiger partial charge < -0.3 is 5.11 Å². The van der Waals surface area contributed by atoms with Crippen molar-refractivity contribution in [3.8, 4) is 22.3 Å². The molecule has 4 aromatic rings. The van der Waals surface area contributed by atoms with Crippen LogP contribution in [0.2, 0.25) is 20.1 Å². The van der Waals surface area contributed by atoms with Gasteiger partial charge in [0.2, 0.25) is 0 Å². The fourth-order valence-corrected chi connectivity index (χ4v) is 8.66. The molecule has 0 fully saturated rings. The van der Waals surface area contributed by atoms with Crippen LogP contribution in [0.4, 0.5) is 0 Å². The van der Waals surface area contributed by atoms with Gasteiger partial charge >= 0.3 is 14.8 Å². The summed E-state index contributed by atoms with van der Waals surface area (Å²) in [4.78, 5) is 24.3. The number of aliphatic hydroxyl groups is 1. The van der Waals surface area contributed by atoms with Crippen LogP contribution in [0.1, 0.15) is 102 Å². The van der Waals surface area contributed by atoms with E-state index in [9.17, 15) is 18.7 Å². The minimum atomic E-state index is -3.49. The lowest BCUT2D eigenvalue weighted by Crippen LogP contribution is -2.03. The Morgan fingerprint density at radius 3 is 1.26 bits per heavy atom. The summed E-state index contributed by atoms with van der Waals surface area (Å²) in [5.41, 5.74) is 4.93. The molecule has 61 heavy (non-hydrogen) atoms. The molecule has 10 nitrogen and oxygen atoms in total. The minimum absolute atomic E-state index is 0. The maximum atomic E-state index is 12.4. The Bertz CT molecular complexity index is 1960. The molecule has 1 N–H and O–H groups in total. The third-order valence-corrected chi connectivity index (χ3v) is 12.4. The highest BCUT2D eigenvalue weighted by Gasteiger charge is 2.25. The number of rotatable bonds is 22. The van der Waals surface area contributed by atoms with Crippen molar-refractivity contribution in [3.63, 3.8) is 0 Å². The first-order valence-electron chi connectivity index (χ1n) is 19.0. The molecule has 4 rings (SSSR count). The van der Waals surface area contributed by atoms with Crippen molar-refractivity contribution in [1.29, 1.82) is 0 Å². The number of benzene rings is 4. The molecule has 0 aliphatic heterocycles. The van der Waals surface area contributed by atoms with Crippen LogP contribution in [-0.2, 0) is 31.7 Å². The van der Waals surface area contributed by atoms with Crippen LogP contribution in [-0.4, -0.2) is 56.3 Å². The van der Waals surface area contributed by atoms with Gasteiger partial charge in [-0.15, -0.1) is 0 Å². The molecule has 17 heteroatoms. The molecule has 0 heterocycles. The first-order chi connectivity index (χ1) is 28.1. The third kappa shape index (κ3) is 22.4. The van der Waals surface area contributed by atoms with E-state index in [0.717, 1.165) is 22.3 Å². The standard InChI is InChI=1S/C21H25Cl2O5P.C17H16Cl2O2.C4H10ClO3P.2CH4/c1-3-26-29(25,27-4-2)28-14-6-5-7-21(24)17-10-8-16(9-11-17)19-13-12-18(22)15-20(19)23;18-14-8-9-15(16(19)11-14)12-4-6-13(7-5-12)17(21)3-1-2-10-20;1-3-7-9(5,6)8-4-2;;/h8-13,15H,3-7,14H2,1-2H3;4-9,11,20H,1-3,10H2;3-4H2,1-2H3;2*1H4. The highest BCUT2D eigenvalue weighted by molar-refractivity contribution is 7.81. The van der Waals surface area contributed by atoms with E-state index < -0.39 is 14.8 Å². The lowest BCUT2D eigenvalue weighted by atomic mass is 10.0. The number of phosphoric ester groups is 1. The van der Waals surface area contributed by atoms with Crippen molar-refractivity contribution in [1.82, 2.24) is 0 Å². The van der Waals surface area contributed by atoms with E-state index in [1.54, 1.807) is 64.1 Å². The fraction of sp³-hybridized carbons (Fsp3) is 0.409. The summed E-state index contributed by atoms with van der Waals surface area (Å²) in [6.07, 6.45) is 3.39. The summed E-state index contributed by atoms with van der Waals surface area (Å²) in [5.74, 6) is 0.133. The predicted molar refractivity (Wildman–Crippen MR) is 254 cm³/mol. The molecular weight excluding hydrogens is 928 g/mol. The van der Waals surface area contributed by atoms with E-state index in [1.165, 1.54) is 0 Å². The van der Waals surface area contributed by atoms with Gasteiger partial charge in [-0.1, -0.05) is 122 Å². The van der Waals surface area contributed by atoms with Crippen LogP contribution >= 0.6 is 72.4 Å². The Morgan fingerprint density at radius 1 is 0.541 bits per heavy atom. The largest absolute Gasteiger partial charge is 0.474 e. The van der Waals surface area contributed by atoms with Gasteiger partial charge in [-0.25, -0.2) is 9.13 Å². The highest BCUT2D eigenvalue weighted by atomic mass is 35.7. The monoisotopic (exact) mass is 984 g/mol. The fourth-order valence-electron chi connectivity index (χ4n) is 5.14. The summed E-state index contributed by atoms with van der Waals surface area (Å²) in [7, 11) is -3.49. The molecular formula is C44H59Cl5O10P2. The average molecular weight is 987 g/mol. The molecule has 0 radical (unpaired) electrons. The van der Waals surface area contributed by atoms with E-state index in [4.69, 9.17) is 76.3 Å². The maximum absolute atomic E-state index is 12.4. The zero-order valence-corrected chi connectivity index (χ0v) is 39.0. The smallest absolute Gasteiger partial charge is 0.396 e. The summed E-state index contributed by atoms with van der Waals surface area (Å²) in [5, 5.41) is 11.0. The Kier molecular flexibility index (Phi) is 30.6. The number of aliphatic hydroxyl groups excluding tert-OH is 1. The molecule has 0 saturated heterocycles. The SMILES string of the molecule is C.C.CCOP(=O)(Cl)OCC.CCOP(=O)(OCC)OCCCCC(=O)c1ccc(-c2ccc(Cl)cc2Cl)cc1.O=C(CCCCO)c1ccc(-c2ccc(Cl)cc2Cl)cc1. The van der Waals surface area contributed by atoms with E-state index >= 15 is 0 Å². The van der Waals surface area contributed by atoms with E-state index in [-0.39, 0.29) is 52.8 Å². The molecule has 0 atom stereocenters. The molecule has 0 unspecified atom stereocenters. The summed E-state index contributed by atoms with van der Waals surface area (Å²) >= 11 is 29.5. The van der Waals surface area contributed by atoms with Gasteiger partial charge in [0.1, 0.15) is 0 Å². The van der Waals surface area contributed by atoms with Crippen molar-refractivity contribution >= 4 is 84.0 Å². The Labute approximate surface area is 387 Å². The number of carbonyl (C=O) groups is 2. The predicted octanol–water partition coefficient (Wildman–Crippen LogP) is 15.9. The normalized spacial score (nSPS) is 10.9. The Hall–Kier alpha value is -2.11.